The second kappa shape index (κ2) is 9.77. The van der Waals surface area contributed by atoms with E-state index in [-0.39, 0.29) is 35.7 Å². The van der Waals surface area contributed by atoms with Gasteiger partial charge in [0.15, 0.2) is 11.5 Å². The Kier molecular flexibility index (Phi) is 7.07. The molecule has 0 fully saturated rings. The number of ether oxygens (including phenoxy) is 3. The van der Waals surface area contributed by atoms with E-state index in [2.05, 4.69) is 15.3 Å². The van der Waals surface area contributed by atoms with Crippen molar-refractivity contribution in [2.24, 2.45) is 0 Å². The molecule has 0 bridgehead atoms. The number of carboxylic acids is 1. The number of rotatable bonds is 9. The number of benzene rings is 2. The lowest BCUT2D eigenvalue weighted by Crippen LogP contribution is -2.11. The van der Waals surface area contributed by atoms with Gasteiger partial charge in [0, 0.05) is 30.8 Å². The number of hydrogen-bond acceptors (Lipinski definition) is 8. The van der Waals surface area contributed by atoms with Crippen molar-refractivity contribution in [1.82, 2.24) is 9.97 Å². The summed E-state index contributed by atoms with van der Waals surface area (Å²) in [5, 5.41) is 12.6. The van der Waals surface area contributed by atoms with E-state index < -0.39 is 23.5 Å². The average Bonchev–Trinajstić information content (AvgIpc) is 2.76. The average molecular weight is 466 g/mol. The normalized spacial score (nSPS) is 11.4. The van der Waals surface area contributed by atoms with E-state index in [4.69, 9.17) is 19.9 Å². The Balaban J connectivity index is 2.02. The van der Waals surface area contributed by atoms with Gasteiger partial charge in [-0.05, 0) is 29.8 Å². The number of carbonyl (C=O) groups is 1. The first kappa shape index (κ1) is 23.9. The van der Waals surface area contributed by atoms with Crippen LogP contribution >= 0.6 is 0 Å². The number of fused-ring (bicyclic) bond motifs is 1. The quantitative estimate of drug-likeness (QED) is 0.320. The van der Waals surface area contributed by atoms with Gasteiger partial charge < -0.3 is 30.4 Å². The number of nitrogen functional groups attached to an aromatic ring is 1. The molecule has 1 heterocycles. The van der Waals surface area contributed by atoms with Crippen LogP contribution in [0.3, 0.4) is 0 Å². The number of nitrogens with two attached hydrogens (primary N) is 1. The maximum atomic E-state index is 13.1. The number of nitrogens with zero attached hydrogens (tertiary/aromatic N) is 2. The molecule has 176 valence electrons. The number of anilines is 2. The van der Waals surface area contributed by atoms with Gasteiger partial charge in [-0.1, -0.05) is 0 Å². The molecule has 2 aromatic carbocycles. The largest absolute Gasteiger partial charge is 0.493 e. The van der Waals surface area contributed by atoms with Crippen LogP contribution < -0.4 is 20.5 Å². The summed E-state index contributed by atoms with van der Waals surface area (Å²) < 4.78 is 55.2. The number of halogens is 3. The van der Waals surface area contributed by atoms with E-state index in [0.717, 1.165) is 12.1 Å². The number of aromatic nitrogens is 2. The van der Waals surface area contributed by atoms with Crippen LogP contribution in [0, 0.1) is 0 Å². The SMILES string of the molecule is COCCOc1cc2c(NCc3cc(N)cc(C(F)(F)F)c3)nc(C(=O)O)nc2cc1OC. The van der Waals surface area contributed by atoms with E-state index in [9.17, 15) is 23.1 Å². The third kappa shape index (κ3) is 5.71. The van der Waals surface area contributed by atoms with Gasteiger partial charge in [0.25, 0.3) is 0 Å². The van der Waals surface area contributed by atoms with Crippen LogP contribution in [-0.4, -0.2) is 48.5 Å². The molecule has 0 amide bonds. The standard InChI is InChI=1S/C21H21F3N4O5/c1-31-3-4-33-17-8-14-15(9-16(17)32-2)27-19(20(29)30)28-18(14)26-10-11-5-12(21(22,23)24)7-13(25)6-11/h5-9H,3-4,10,25H2,1-2H3,(H,29,30)(H,26,27,28). The third-order valence-corrected chi connectivity index (χ3v) is 4.52. The van der Waals surface area contributed by atoms with Crippen LogP contribution in [0.1, 0.15) is 21.7 Å². The predicted octanol–water partition coefficient (Wildman–Crippen LogP) is 3.57. The van der Waals surface area contributed by atoms with Gasteiger partial charge in [-0.2, -0.15) is 13.2 Å². The molecule has 1 aromatic heterocycles. The molecule has 0 spiro atoms. The van der Waals surface area contributed by atoms with Crippen molar-refractivity contribution in [3.05, 3.63) is 47.3 Å². The molecule has 3 rings (SSSR count). The summed E-state index contributed by atoms with van der Waals surface area (Å²) in [6.07, 6.45) is -4.56. The van der Waals surface area contributed by atoms with Gasteiger partial charge in [0.05, 0.1) is 24.8 Å². The minimum Gasteiger partial charge on any atom is -0.493 e. The minimum atomic E-state index is -4.56. The van der Waals surface area contributed by atoms with Crippen molar-refractivity contribution in [3.63, 3.8) is 0 Å². The first-order valence-electron chi connectivity index (χ1n) is 9.57. The Morgan fingerprint density at radius 1 is 1.09 bits per heavy atom. The maximum Gasteiger partial charge on any atom is 0.416 e. The van der Waals surface area contributed by atoms with E-state index in [1.807, 2.05) is 0 Å². The van der Waals surface area contributed by atoms with Gasteiger partial charge >= 0.3 is 12.1 Å². The maximum absolute atomic E-state index is 13.1. The van der Waals surface area contributed by atoms with Crippen LogP contribution in [0.2, 0.25) is 0 Å². The number of alkyl halides is 3. The molecular weight excluding hydrogens is 445 g/mol. The summed E-state index contributed by atoms with van der Waals surface area (Å²) in [7, 11) is 2.94. The van der Waals surface area contributed by atoms with E-state index in [1.165, 1.54) is 26.4 Å². The van der Waals surface area contributed by atoms with Crippen LogP contribution in [0.5, 0.6) is 11.5 Å². The highest BCUT2D eigenvalue weighted by molar-refractivity contribution is 5.95. The second-order valence-electron chi connectivity index (χ2n) is 6.88. The second-order valence-corrected chi connectivity index (χ2v) is 6.88. The Bertz CT molecular complexity index is 1170. The molecule has 0 saturated carbocycles. The topological polar surface area (TPSA) is 129 Å². The fraction of sp³-hybridized carbons (Fsp3) is 0.286. The molecule has 12 heteroatoms. The minimum absolute atomic E-state index is 0.0565. The van der Waals surface area contributed by atoms with Crippen molar-refractivity contribution in [2.45, 2.75) is 12.7 Å². The van der Waals surface area contributed by atoms with Crippen molar-refractivity contribution in [1.29, 1.82) is 0 Å². The van der Waals surface area contributed by atoms with Crippen LogP contribution in [0.4, 0.5) is 24.7 Å². The highest BCUT2D eigenvalue weighted by atomic mass is 19.4. The highest BCUT2D eigenvalue weighted by Gasteiger charge is 2.31. The Morgan fingerprint density at radius 3 is 2.48 bits per heavy atom. The van der Waals surface area contributed by atoms with Crippen LogP contribution in [0.15, 0.2) is 30.3 Å². The van der Waals surface area contributed by atoms with Gasteiger partial charge in [-0.15, -0.1) is 0 Å². The summed E-state index contributed by atoms with van der Waals surface area (Å²) in [5.41, 5.74) is 5.14. The van der Waals surface area contributed by atoms with E-state index >= 15 is 0 Å². The van der Waals surface area contributed by atoms with Gasteiger partial charge in [-0.25, -0.2) is 14.8 Å². The molecule has 33 heavy (non-hydrogen) atoms. The number of aromatic carboxylic acids is 1. The van der Waals surface area contributed by atoms with Gasteiger partial charge in [-0.3, -0.25) is 0 Å². The molecule has 0 aliphatic rings. The Hall–Kier alpha value is -3.80. The summed E-state index contributed by atoms with van der Waals surface area (Å²) in [4.78, 5) is 19.5. The van der Waals surface area contributed by atoms with Gasteiger partial charge in [0.1, 0.15) is 12.4 Å². The monoisotopic (exact) mass is 466 g/mol. The summed E-state index contributed by atoms with van der Waals surface area (Å²) in [6.45, 7) is 0.432. The van der Waals surface area contributed by atoms with Crippen LogP contribution in [-0.2, 0) is 17.5 Å². The number of nitrogens with one attached hydrogen (secondary N) is 1. The molecule has 0 aliphatic heterocycles. The summed E-state index contributed by atoms with van der Waals surface area (Å²) in [5.74, 6) is -1.13. The summed E-state index contributed by atoms with van der Waals surface area (Å²) in [6, 6.07) is 6.21. The molecule has 0 unspecified atom stereocenters. The van der Waals surface area contributed by atoms with Crippen molar-refractivity contribution in [3.8, 4) is 11.5 Å². The van der Waals surface area contributed by atoms with Crippen LogP contribution in [0.25, 0.3) is 10.9 Å². The Labute approximate surface area is 186 Å². The highest BCUT2D eigenvalue weighted by Crippen LogP contribution is 2.35. The van der Waals surface area contributed by atoms with Crippen molar-refractivity contribution in [2.75, 3.05) is 38.5 Å². The first-order valence-corrected chi connectivity index (χ1v) is 9.57. The van der Waals surface area contributed by atoms with Gasteiger partial charge in [0.2, 0.25) is 5.82 Å². The molecule has 3 aromatic rings. The Morgan fingerprint density at radius 2 is 1.85 bits per heavy atom. The molecular formula is C21H21F3N4O5. The zero-order valence-corrected chi connectivity index (χ0v) is 17.7. The van der Waals surface area contributed by atoms with E-state index in [1.54, 1.807) is 6.07 Å². The predicted molar refractivity (Wildman–Crippen MR) is 114 cm³/mol. The smallest absolute Gasteiger partial charge is 0.416 e. The first-order chi connectivity index (χ1) is 15.6. The lowest BCUT2D eigenvalue weighted by Gasteiger charge is -2.15. The number of hydrogen-bond donors (Lipinski definition) is 3. The zero-order valence-electron chi connectivity index (χ0n) is 17.7. The molecule has 0 aliphatic carbocycles. The molecule has 0 saturated heterocycles. The third-order valence-electron chi connectivity index (χ3n) is 4.52. The molecule has 9 nitrogen and oxygen atoms in total. The molecule has 4 N–H and O–H groups in total. The van der Waals surface area contributed by atoms with Crippen molar-refractivity contribution >= 4 is 28.4 Å². The lowest BCUT2D eigenvalue weighted by molar-refractivity contribution is -0.137. The molecule has 0 radical (unpaired) electrons. The summed E-state index contributed by atoms with van der Waals surface area (Å²) >= 11 is 0. The molecule has 0 atom stereocenters. The number of methoxy groups -OCH3 is 2. The zero-order chi connectivity index (χ0) is 24.2. The van der Waals surface area contributed by atoms with E-state index in [0.29, 0.717) is 23.5 Å². The van der Waals surface area contributed by atoms with Crippen molar-refractivity contribution < 1.29 is 37.3 Å². The lowest BCUT2D eigenvalue weighted by atomic mass is 10.1. The number of carboxylic acid groups (broad SMARTS) is 1. The fourth-order valence-electron chi connectivity index (χ4n) is 3.04. The fourth-order valence-corrected chi connectivity index (χ4v) is 3.04.